The number of allylic oxidation sites excluding steroid dienone is 3. The largest absolute Gasteiger partial charge is 0.111 e. The van der Waals surface area contributed by atoms with E-state index in [9.17, 15) is 0 Å². The maximum atomic E-state index is 2.94. The van der Waals surface area contributed by atoms with E-state index >= 15 is 0 Å². The van der Waals surface area contributed by atoms with Gasteiger partial charge in [-0.1, -0.05) is 12.2 Å². The van der Waals surface area contributed by atoms with Crippen molar-refractivity contribution in [2.75, 3.05) is 0 Å². The van der Waals surface area contributed by atoms with Crippen molar-refractivity contribution in [3.63, 3.8) is 0 Å². The van der Waals surface area contributed by atoms with Crippen LogP contribution in [-0.4, -0.2) is 0 Å². The fourth-order valence-corrected chi connectivity index (χ4v) is 0.317. The van der Waals surface area contributed by atoms with Crippen LogP contribution in [0, 0.1) is 0 Å². The maximum absolute atomic E-state index is 2.94. The van der Waals surface area contributed by atoms with Crippen molar-refractivity contribution in [2.24, 2.45) is 0 Å². The van der Waals surface area contributed by atoms with E-state index in [2.05, 4.69) is 5.73 Å². The smallest absolute Gasteiger partial charge is 0.0239 e. The van der Waals surface area contributed by atoms with E-state index in [1.165, 1.54) is 5.57 Å². The minimum atomic E-state index is 1.23. The minimum absolute atomic E-state index is 1.23. The van der Waals surface area contributed by atoms with E-state index in [1.54, 1.807) is 0 Å². The molecule has 0 radical (unpaired) electrons. The summed E-state index contributed by atoms with van der Waals surface area (Å²) in [6.07, 6.45) is 5.99. The van der Waals surface area contributed by atoms with Crippen LogP contribution in [-0.2, 0) is 0 Å². The molecule has 0 heterocycles. The number of hydrogen-bond donors (Lipinski definition) is 0. The number of rotatable bonds is 1. The third-order valence-corrected chi connectivity index (χ3v) is 0.657. The lowest BCUT2D eigenvalue weighted by atomic mass is 10.4. The molecule has 0 N–H and O–H groups in total. The topological polar surface area (TPSA) is 0 Å². The Labute approximate surface area is 37.5 Å². The highest BCUT2D eigenvalue weighted by molar-refractivity contribution is 5.40. The summed E-state index contributed by atoms with van der Waals surface area (Å²) in [5, 5.41) is 0. The molecule has 30 valence electrons. The van der Waals surface area contributed by atoms with Gasteiger partial charge >= 0.3 is 0 Å². The molecular formula is C6H6. The van der Waals surface area contributed by atoms with Gasteiger partial charge in [0.1, 0.15) is 0 Å². The first-order valence-corrected chi connectivity index (χ1v) is 2.03. The van der Waals surface area contributed by atoms with Crippen LogP contribution in [0.3, 0.4) is 0 Å². The molecule has 0 bridgehead atoms. The Balaban J connectivity index is 2.38. The zero-order valence-electron chi connectivity index (χ0n) is 3.73. The lowest BCUT2D eigenvalue weighted by Crippen LogP contribution is -1.44. The van der Waals surface area contributed by atoms with Gasteiger partial charge in [-0.05, 0) is 13.0 Å². The first-order valence-electron chi connectivity index (χ1n) is 2.03. The average molecular weight is 78.1 g/mol. The second-order valence-electron chi connectivity index (χ2n) is 1.24. The van der Waals surface area contributed by atoms with Crippen LogP contribution in [0.25, 0.3) is 0 Å². The molecule has 0 nitrogen and oxygen atoms in total. The van der Waals surface area contributed by atoms with Gasteiger partial charge < -0.3 is 0 Å². The Hall–Kier alpha value is -0.740. The lowest BCUT2D eigenvalue weighted by molar-refractivity contribution is 1.72. The van der Waals surface area contributed by atoms with E-state index in [0.29, 0.717) is 0 Å². The molecular weight excluding hydrogens is 72.1 g/mol. The summed E-state index contributed by atoms with van der Waals surface area (Å²) in [5.41, 5.74) is 4.17. The Morgan fingerprint density at radius 2 is 2.50 bits per heavy atom. The van der Waals surface area contributed by atoms with Crippen LogP contribution in [0.2, 0.25) is 0 Å². The molecule has 0 saturated heterocycles. The van der Waals surface area contributed by atoms with E-state index < -0.39 is 0 Å². The van der Waals surface area contributed by atoms with Crippen LogP contribution >= 0.6 is 0 Å². The zero-order valence-corrected chi connectivity index (χ0v) is 3.73. The van der Waals surface area contributed by atoms with E-state index in [4.69, 9.17) is 0 Å². The fraction of sp³-hybridized carbons (Fsp3) is 0.167. The second-order valence-corrected chi connectivity index (χ2v) is 1.24. The molecule has 1 aliphatic rings. The third kappa shape index (κ3) is 0.602. The van der Waals surface area contributed by atoms with Crippen LogP contribution in [0.1, 0.15) is 6.92 Å². The second kappa shape index (κ2) is 1.16. The van der Waals surface area contributed by atoms with Crippen LogP contribution < -0.4 is 0 Å². The van der Waals surface area contributed by atoms with Crippen LogP contribution in [0.15, 0.2) is 29.5 Å². The summed E-state index contributed by atoms with van der Waals surface area (Å²) >= 11 is 0. The Morgan fingerprint density at radius 1 is 1.83 bits per heavy atom. The molecule has 1 rings (SSSR count). The highest BCUT2D eigenvalue weighted by Gasteiger charge is 1.88. The molecule has 0 aromatic carbocycles. The molecule has 6 heavy (non-hydrogen) atoms. The summed E-state index contributed by atoms with van der Waals surface area (Å²) < 4.78 is 0. The van der Waals surface area contributed by atoms with Gasteiger partial charge in [0.2, 0.25) is 0 Å². The molecule has 0 aromatic heterocycles. The van der Waals surface area contributed by atoms with Crippen molar-refractivity contribution in [1.29, 1.82) is 0 Å². The molecule has 0 atom stereocenters. The normalized spacial score (nSPS) is 15.8. The Morgan fingerprint density at radius 3 is 2.67 bits per heavy atom. The molecule has 0 amide bonds. The molecule has 0 aliphatic heterocycles. The highest BCUT2D eigenvalue weighted by atomic mass is 13.9. The van der Waals surface area contributed by atoms with Crippen molar-refractivity contribution in [3.8, 4) is 0 Å². The molecule has 0 heteroatoms. The Bertz CT molecular complexity index is 132. The third-order valence-electron chi connectivity index (χ3n) is 0.657. The van der Waals surface area contributed by atoms with Crippen molar-refractivity contribution in [3.05, 3.63) is 29.5 Å². The van der Waals surface area contributed by atoms with E-state index in [1.807, 2.05) is 25.2 Å². The summed E-state index contributed by atoms with van der Waals surface area (Å²) in [6.45, 7) is 2.00. The zero-order chi connectivity index (χ0) is 4.41. The quantitative estimate of drug-likeness (QED) is 0.418. The Kier molecular flexibility index (Phi) is 0.664. The predicted molar refractivity (Wildman–Crippen MR) is 26.4 cm³/mol. The molecule has 0 spiro atoms. The first kappa shape index (κ1) is 3.45. The van der Waals surface area contributed by atoms with Gasteiger partial charge in [0, 0.05) is 5.57 Å². The SMILES string of the molecule is CC=CC1=C=C1. The van der Waals surface area contributed by atoms with Crippen molar-refractivity contribution < 1.29 is 0 Å². The average Bonchev–Trinajstić information content (AvgIpc) is 2.21. The van der Waals surface area contributed by atoms with Gasteiger partial charge in [0.15, 0.2) is 0 Å². The highest BCUT2D eigenvalue weighted by Crippen LogP contribution is 2.05. The maximum Gasteiger partial charge on any atom is 0.0239 e. The molecule has 0 saturated carbocycles. The van der Waals surface area contributed by atoms with E-state index in [-0.39, 0.29) is 0 Å². The van der Waals surface area contributed by atoms with Crippen LogP contribution in [0.4, 0.5) is 0 Å². The monoisotopic (exact) mass is 78.0 g/mol. The molecule has 0 fully saturated rings. The van der Waals surface area contributed by atoms with Crippen molar-refractivity contribution in [2.45, 2.75) is 6.92 Å². The van der Waals surface area contributed by atoms with Gasteiger partial charge in [0.25, 0.3) is 0 Å². The van der Waals surface area contributed by atoms with Gasteiger partial charge in [0.05, 0.1) is 0 Å². The first-order chi connectivity index (χ1) is 2.93. The molecule has 1 aliphatic carbocycles. The molecule has 0 aromatic rings. The standard InChI is InChI=1S/C6H6/c1-2-3-6-4-5-6/h2-4H,1H3. The number of hydrogen-bond acceptors (Lipinski definition) is 0. The summed E-state index contributed by atoms with van der Waals surface area (Å²) in [7, 11) is 0. The van der Waals surface area contributed by atoms with E-state index in [0.717, 1.165) is 0 Å². The van der Waals surface area contributed by atoms with Gasteiger partial charge in [-0.15, -0.1) is 5.73 Å². The minimum Gasteiger partial charge on any atom is -0.111 e. The van der Waals surface area contributed by atoms with Crippen molar-refractivity contribution >= 4 is 0 Å². The van der Waals surface area contributed by atoms with Crippen molar-refractivity contribution in [1.82, 2.24) is 0 Å². The summed E-state index contributed by atoms with van der Waals surface area (Å²) in [4.78, 5) is 0. The van der Waals surface area contributed by atoms with Gasteiger partial charge in [-0.25, -0.2) is 0 Å². The summed E-state index contributed by atoms with van der Waals surface area (Å²) in [6, 6.07) is 0. The lowest BCUT2D eigenvalue weighted by Gasteiger charge is -1.63. The fourth-order valence-electron chi connectivity index (χ4n) is 0.317. The van der Waals surface area contributed by atoms with Crippen LogP contribution in [0.5, 0.6) is 0 Å². The van der Waals surface area contributed by atoms with Gasteiger partial charge in [-0.3, -0.25) is 0 Å². The van der Waals surface area contributed by atoms with Gasteiger partial charge in [-0.2, -0.15) is 0 Å². The predicted octanol–water partition coefficient (Wildman–Crippen LogP) is 1.66. The molecule has 0 unspecified atom stereocenters. The summed E-state index contributed by atoms with van der Waals surface area (Å²) in [5.74, 6) is 0.